The summed E-state index contributed by atoms with van der Waals surface area (Å²) in [6.07, 6.45) is -2.36. The molecular weight excluding hydrogens is 416 g/mol. The van der Waals surface area contributed by atoms with E-state index in [4.69, 9.17) is 4.74 Å². The first-order chi connectivity index (χ1) is 15.1. The highest BCUT2D eigenvalue weighted by molar-refractivity contribution is 8.00. The number of aliphatic hydroxyl groups is 4. The van der Waals surface area contributed by atoms with Crippen molar-refractivity contribution in [3.63, 3.8) is 0 Å². The van der Waals surface area contributed by atoms with Crippen LogP contribution >= 0.6 is 11.8 Å². The Labute approximate surface area is 182 Å². The first-order valence-corrected chi connectivity index (χ1v) is 11.1. The molecule has 7 nitrogen and oxygen atoms in total. The van der Waals surface area contributed by atoms with Gasteiger partial charge in [0.25, 0.3) is 0 Å². The highest BCUT2D eigenvalue weighted by atomic mass is 32.2. The SMILES string of the molecule is OC[C@H]1O[C@@H](Sc2c(Cc3c[nH]c4ccccc34)[nH]c3ccccc23)[C@H](O)[C@@H](O)[C@@H]1O. The molecule has 2 aromatic heterocycles. The molecule has 4 aromatic rings. The van der Waals surface area contributed by atoms with Gasteiger partial charge in [0.05, 0.1) is 6.61 Å². The normalized spacial score (nSPS) is 26.6. The molecule has 1 aliphatic heterocycles. The molecular formula is C23H24N2O5S. The lowest BCUT2D eigenvalue weighted by Gasteiger charge is -2.39. The third-order valence-corrected chi connectivity index (χ3v) is 7.18. The number of aromatic amines is 2. The van der Waals surface area contributed by atoms with Crippen LogP contribution in [0.2, 0.25) is 0 Å². The second kappa shape index (κ2) is 8.31. The molecule has 2 aromatic carbocycles. The second-order valence-electron chi connectivity index (χ2n) is 7.83. The van der Waals surface area contributed by atoms with Crippen LogP contribution in [0.4, 0.5) is 0 Å². The third kappa shape index (κ3) is 3.65. The summed E-state index contributed by atoms with van der Waals surface area (Å²) >= 11 is 1.29. The van der Waals surface area contributed by atoms with Crippen molar-refractivity contribution in [2.75, 3.05) is 6.61 Å². The topological polar surface area (TPSA) is 122 Å². The van der Waals surface area contributed by atoms with E-state index < -0.39 is 36.5 Å². The zero-order chi connectivity index (χ0) is 21.5. The van der Waals surface area contributed by atoms with Gasteiger partial charge >= 0.3 is 0 Å². The van der Waals surface area contributed by atoms with Gasteiger partial charge in [0.15, 0.2) is 0 Å². The van der Waals surface area contributed by atoms with E-state index in [9.17, 15) is 20.4 Å². The fourth-order valence-corrected chi connectivity index (χ4v) is 5.48. The van der Waals surface area contributed by atoms with E-state index in [-0.39, 0.29) is 0 Å². The van der Waals surface area contributed by atoms with Gasteiger partial charge in [-0.05, 0) is 17.7 Å². The summed E-state index contributed by atoms with van der Waals surface area (Å²) in [5, 5.41) is 42.4. The molecule has 0 unspecified atom stereocenters. The van der Waals surface area contributed by atoms with E-state index in [1.807, 2.05) is 48.7 Å². The summed E-state index contributed by atoms with van der Waals surface area (Å²) < 4.78 is 5.75. The molecule has 162 valence electrons. The summed E-state index contributed by atoms with van der Waals surface area (Å²) in [6.45, 7) is -0.446. The number of ether oxygens (including phenoxy) is 1. The Kier molecular flexibility index (Phi) is 5.51. The summed E-state index contributed by atoms with van der Waals surface area (Å²) in [4.78, 5) is 7.69. The maximum atomic E-state index is 10.5. The molecule has 0 saturated carbocycles. The number of fused-ring (bicyclic) bond motifs is 2. The number of aliphatic hydroxyl groups excluding tert-OH is 4. The number of para-hydroxylation sites is 2. The van der Waals surface area contributed by atoms with Crippen LogP contribution in [0.15, 0.2) is 59.6 Å². The molecule has 8 heteroatoms. The summed E-state index contributed by atoms with van der Waals surface area (Å²) in [5.74, 6) is 0. The molecule has 6 N–H and O–H groups in total. The lowest BCUT2D eigenvalue weighted by molar-refractivity contribution is -0.205. The number of hydrogen-bond acceptors (Lipinski definition) is 6. The minimum atomic E-state index is -1.40. The zero-order valence-electron chi connectivity index (χ0n) is 16.6. The molecule has 0 aliphatic carbocycles. The fraction of sp³-hybridized carbons (Fsp3) is 0.304. The van der Waals surface area contributed by atoms with E-state index in [0.717, 1.165) is 38.0 Å². The lowest BCUT2D eigenvalue weighted by Crippen LogP contribution is -2.57. The molecule has 5 rings (SSSR count). The van der Waals surface area contributed by atoms with E-state index >= 15 is 0 Å². The average Bonchev–Trinajstić information content (AvgIpc) is 3.36. The molecule has 0 radical (unpaired) electrons. The monoisotopic (exact) mass is 440 g/mol. The predicted octanol–water partition coefficient (Wildman–Crippen LogP) is 2.13. The van der Waals surface area contributed by atoms with Gasteiger partial charge in [-0.15, -0.1) is 0 Å². The highest BCUT2D eigenvalue weighted by Gasteiger charge is 2.44. The average molecular weight is 441 g/mol. The highest BCUT2D eigenvalue weighted by Crippen LogP contribution is 2.40. The summed E-state index contributed by atoms with van der Waals surface area (Å²) in [6, 6.07) is 16.0. The van der Waals surface area contributed by atoms with Crippen molar-refractivity contribution in [2.45, 2.75) is 41.2 Å². The van der Waals surface area contributed by atoms with Gasteiger partial charge in [0.1, 0.15) is 29.9 Å². The van der Waals surface area contributed by atoms with Crippen molar-refractivity contribution in [1.82, 2.24) is 9.97 Å². The predicted molar refractivity (Wildman–Crippen MR) is 119 cm³/mol. The fourth-order valence-electron chi connectivity index (χ4n) is 4.18. The first-order valence-electron chi connectivity index (χ1n) is 10.2. The maximum Gasteiger partial charge on any atom is 0.136 e. The minimum absolute atomic E-state index is 0.446. The van der Waals surface area contributed by atoms with Gasteiger partial charge in [-0.1, -0.05) is 48.2 Å². The summed E-state index contributed by atoms with van der Waals surface area (Å²) in [7, 11) is 0. The maximum absolute atomic E-state index is 10.5. The van der Waals surface area contributed by atoms with Crippen molar-refractivity contribution in [3.05, 3.63) is 66.0 Å². The van der Waals surface area contributed by atoms with Crippen LogP contribution in [-0.4, -0.2) is 66.9 Å². The molecule has 31 heavy (non-hydrogen) atoms. The Morgan fingerprint density at radius 2 is 1.58 bits per heavy atom. The number of rotatable bonds is 5. The molecule has 0 bridgehead atoms. The van der Waals surface area contributed by atoms with Crippen molar-refractivity contribution in [1.29, 1.82) is 0 Å². The molecule has 5 atom stereocenters. The standard InChI is InChI=1S/C23H24N2O5S/c26-11-18-19(27)20(28)21(29)23(30-18)31-22-14-6-2-4-8-16(14)25-17(22)9-12-10-24-15-7-3-1-5-13(12)15/h1-8,10,18-21,23-29H,9,11H2/t18-,19-,20+,21-,23+/m1/s1. The Hall–Kier alpha value is -2.33. The van der Waals surface area contributed by atoms with Crippen LogP contribution in [0.5, 0.6) is 0 Å². The Balaban J connectivity index is 1.52. The van der Waals surface area contributed by atoms with Gasteiger partial charge in [-0.2, -0.15) is 0 Å². The summed E-state index contributed by atoms with van der Waals surface area (Å²) in [5.41, 5.74) is 3.29. The van der Waals surface area contributed by atoms with Crippen LogP contribution in [0.1, 0.15) is 11.3 Å². The van der Waals surface area contributed by atoms with Crippen molar-refractivity contribution >= 4 is 33.6 Å². The Morgan fingerprint density at radius 3 is 2.35 bits per heavy atom. The second-order valence-corrected chi connectivity index (χ2v) is 8.94. The molecule has 1 fully saturated rings. The Bertz CT molecular complexity index is 1200. The van der Waals surface area contributed by atoms with E-state index in [1.165, 1.54) is 11.8 Å². The smallest absolute Gasteiger partial charge is 0.136 e. The molecule has 3 heterocycles. The molecule has 0 amide bonds. The first kappa shape index (κ1) is 20.6. The van der Waals surface area contributed by atoms with Gasteiger partial charge < -0.3 is 35.1 Å². The Morgan fingerprint density at radius 1 is 0.871 bits per heavy atom. The van der Waals surface area contributed by atoms with Crippen LogP contribution in [-0.2, 0) is 11.2 Å². The third-order valence-electron chi connectivity index (χ3n) is 5.86. The van der Waals surface area contributed by atoms with Crippen molar-refractivity contribution in [3.8, 4) is 0 Å². The number of hydrogen-bond donors (Lipinski definition) is 6. The number of benzene rings is 2. The lowest BCUT2D eigenvalue weighted by atomic mass is 10.0. The molecule has 1 aliphatic rings. The van der Waals surface area contributed by atoms with E-state index in [1.54, 1.807) is 0 Å². The number of nitrogens with one attached hydrogen (secondary N) is 2. The van der Waals surface area contributed by atoms with Gasteiger partial charge in [0.2, 0.25) is 0 Å². The number of thioether (sulfide) groups is 1. The van der Waals surface area contributed by atoms with Crippen molar-refractivity contribution < 1.29 is 25.2 Å². The van der Waals surface area contributed by atoms with Gasteiger partial charge in [0, 0.05) is 45.0 Å². The quantitative estimate of drug-likeness (QED) is 0.283. The van der Waals surface area contributed by atoms with Gasteiger partial charge in [-0.3, -0.25) is 0 Å². The van der Waals surface area contributed by atoms with E-state index in [2.05, 4.69) is 16.0 Å². The van der Waals surface area contributed by atoms with Crippen LogP contribution in [0, 0.1) is 0 Å². The zero-order valence-corrected chi connectivity index (χ0v) is 17.4. The van der Waals surface area contributed by atoms with Gasteiger partial charge in [-0.25, -0.2) is 0 Å². The van der Waals surface area contributed by atoms with Crippen LogP contribution in [0.25, 0.3) is 21.8 Å². The number of H-pyrrole nitrogens is 2. The van der Waals surface area contributed by atoms with E-state index in [0.29, 0.717) is 6.42 Å². The molecule has 0 spiro atoms. The van der Waals surface area contributed by atoms with Crippen molar-refractivity contribution in [2.24, 2.45) is 0 Å². The molecule has 1 saturated heterocycles. The largest absolute Gasteiger partial charge is 0.394 e. The van der Waals surface area contributed by atoms with Crippen LogP contribution in [0.3, 0.4) is 0 Å². The number of aromatic nitrogens is 2. The van der Waals surface area contributed by atoms with Crippen LogP contribution < -0.4 is 0 Å². The minimum Gasteiger partial charge on any atom is -0.394 e.